The van der Waals surface area contributed by atoms with E-state index in [1.54, 1.807) is 4.90 Å². The van der Waals surface area contributed by atoms with Gasteiger partial charge in [0.25, 0.3) is 0 Å². The van der Waals surface area contributed by atoms with Gasteiger partial charge in [-0.05, 0) is 12.8 Å². The second-order valence-electron chi connectivity index (χ2n) is 4.27. The molecule has 18 heavy (non-hydrogen) atoms. The summed E-state index contributed by atoms with van der Waals surface area (Å²) in [7, 11) is 0. The molecule has 0 aromatic rings. The van der Waals surface area contributed by atoms with Gasteiger partial charge in [-0.1, -0.05) is 0 Å². The summed E-state index contributed by atoms with van der Waals surface area (Å²) in [6.07, 6.45) is -2.36. The van der Waals surface area contributed by atoms with Crippen LogP contribution in [0.15, 0.2) is 0 Å². The van der Waals surface area contributed by atoms with E-state index in [2.05, 4.69) is 5.32 Å². The minimum absolute atomic E-state index is 0.0412. The molecule has 0 spiro atoms. The summed E-state index contributed by atoms with van der Waals surface area (Å²) in [5, 5.41) is 10.9. The second-order valence-corrected chi connectivity index (χ2v) is 4.27. The SMILES string of the molecule is N#CC(CNCCC(=O)N1CCCC1)C(F)(F)F. The first-order valence-corrected chi connectivity index (χ1v) is 5.90. The molecule has 1 atom stereocenters. The zero-order valence-corrected chi connectivity index (χ0v) is 9.96. The van der Waals surface area contributed by atoms with Gasteiger partial charge in [0, 0.05) is 32.6 Å². The van der Waals surface area contributed by atoms with Crippen molar-refractivity contribution in [1.82, 2.24) is 10.2 Å². The largest absolute Gasteiger partial charge is 0.405 e. The lowest BCUT2D eigenvalue weighted by atomic mass is 10.1. The molecular formula is C11H16F3N3O. The van der Waals surface area contributed by atoms with Crippen LogP contribution in [0.5, 0.6) is 0 Å². The van der Waals surface area contributed by atoms with Gasteiger partial charge in [-0.25, -0.2) is 0 Å². The van der Waals surface area contributed by atoms with Gasteiger partial charge in [0.2, 0.25) is 5.91 Å². The molecular weight excluding hydrogens is 247 g/mol. The molecule has 7 heteroatoms. The predicted octanol–water partition coefficient (Wildman–Crippen LogP) is 1.29. The summed E-state index contributed by atoms with van der Waals surface area (Å²) >= 11 is 0. The molecule has 0 aliphatic carbocycles. The molecule has 0 saturated carbocycles. The molecule has 0 bridgehead atoms. The molecule has 1 aliphatic heterocycles. The number of halogens is 3. The first-order chi connectivity index (χ1) is 8.45. The zero-order valence-electron chi connectivity index (χ0n) is 9.96. The number of rotatable bonds is 5. The number of nitrogens with one attached hydrogen (secondary N) is 1. The molecule has 4 nitrogen and oxygen atoms in total. The number of nitrogens with zero attached hydrogens (tertiary/aromatic N) is 2. The van der Waals surface area contributed by atoms with Crippen molar-refractivity contribution in [1.29, 1.82) is 5.26 Å². The van der Waals surface area contributed by atoms with Gasteiger partial charge < -0.3 is 10.2 Å². The van der Waals surface area contributed by atoms with Gasteiger partial charge in [-0.2, -0.15) is 18.4 Å². The molecule has 0 aromatic carbocycles. The van der Waals surface area contributed by atoms with Crippen molar-refractivity contribution < 1.29 is 18.0 Å². The van der Waals surface area contributed by atoms with E-state index in [9.17, 15) is 18.0 Å². The Hall–Kier alpha value is -1.29. The van der Waals surface area contributed by atoms with Crippen LogP contribution in [0, 0.1) is 17.2 Å². The Morgan fingerprint density at radius 1 is 1.39 bits per heavy atom. The Labute approximate surface area is 104 Å². The van der Waals surface area contributed by atoms with Gasteiger partial charge in [0.05, 0.1) is 6.07 Å². The van der Waals surface area contributed by atoms with Gasteiger partial charge in [-0.15, -0.1) is 0 Å². The molecule has 0 aromatic heterocycles. The van der Waals surface area contributed by atoms with E-state index in [0.717, 1.165) is 25.9 Å². The van der Waals surface area contributed by atoms with Crippen molar-refractivity contribution in [2.24, 2.45) is 5.92 Å². The lowest BCUT2D eigenvalue weighted by Crippen LogP contribution is -2.35. The smallest absolute Gasteiger partial charge is 0.343 e. The number of alkyl halides is 3. The first kappa shape index (κ1) is 14.8. The van der Waals surface area contributed by atoms with Gasteiger partial charge in [-0.3, -0.25) is 4.79 Å². The number of carbonyl (C=O) groups excluding carboxylic acids is 1. The Kier molecular flexibility index (Phi) is 5.41. The van der Waals surface area contributed by atoms with Crippen molar-refractivity contribution in [3.63, 3.8) is 0 Å². The maximum atomic E-state index is 12.2. The predicted molar refractivity (Wildman–Crippen MR) is 58.5 cm³/mol. The Morgan fingerprint density at radius 3 is 2.50 bits per heavy atom. The fourth-order valence-electron chi connectivity index (χ4n) is 1.80. The standard InChI is InChI=1S/C11H16F3N3O/c12-11(13,14)9(7-15)8-16-4-3-10(18)17-5-1-2-6-17/h9,16H,1-6,8H2. The van der Waals surface area contributed by atoms with Crippen LogP contribution < -0.4 is 5.32 Å². The van der Waals surface area contributed by atoms with Gasteiger partial charge in [0.15, 0.2) is 5.92 Å². The van der Waals surface area contributed by atoms with Gasteiger partial charge >= 0.3 is 6.18 Å². The fourth-order valence-corrected chi connectivity index (χ4v) is 1.80. The summed E-state index contributed by atoms with van der Waals surface area (Å²) in [5.74, 6) is -2.06. The molecule has 1 heterocycles. The first-order valence-electron chi connectivity index (χ1n) is 5.90. The normalized spacial score (nSPS) is 17.6. The minimum atomic E-state index is -4.51. The summed E-state index contributed by atoms with van der Waals surface area (Å²) < 4.78 is 36.6. The average molecular weight is 263 g/mol. The molecule has 1 rings (SSSR count). The number of likely N-dealkylation sites (tertiary alicyclic amines) is 1. The van der Waals surface area contributed by atoms with E-state index < -0.39 is 18.6 Å². The molecule has 1 unspecified atom stereocenters. The summed E-state index contributed by atoms with van der Waals surface area (Å²) in [5.41, 5.74) is 0. The number of amides is 1. The van der Waals surface area contributed by atoms with Crippen LogP contribution in [0.3, 0.4) is 0 Å². The zero-order chi connectivity index (χ0) is 13.6. The minimum Gasteiger partial charge on any atom is -0.343 e. The lowest BCUT2D eigenvalue weighted by molar-refractivity contribution is -0.157. The van der Waals surface area contributed by atoms with Crippen molar-refractivity contribution in [3.8, 4) is 6.07 Å². The highest BCUT2D eigenvalue weighted by Crippen LogP contribution is 2.24. The van der Waals surface area contributed by atoms with Crippen LogP contribution in [0.2, 0.25) is 0 Å². The summed E-state index contributed by atoms with van der Waals surface area (Å²) in [6, 6.07) is 1.20. The third kappa shape index (κ3) is 4.53. The Balaban J connectivity index is 2.18. The quantitative estimate of drug-likeness (QED) is 0.760. The highest BCUT2D eigenvalue weighted by molar-refractivity contribution is 5.76. The van der Waals surface area contributed by atoms with Crippen LogP contribution in [-0.2, 0) is 4.79 Å². The molecule has 1 saturated heterocycles. The second kappa shape index (κ2) is 6.59. The number of hydrogen-bond donors (Lipinski definition) is 1. The van der Waals surface area contributed by atoms with E-state index in [1.165, 1.54) is 6.07 Å². The van der Waals surface area contributed by atoms with E-state index in [4.69, 9.17) is 5.26 Å². The van der Waals surface area contributed by atoms with Crippen molar-refractivity contribution in [2.45, 2.75) is 25.4 Å². The Morgan fingerprint density at radius 2 is 2.00 bits per heavy atom. The van der Waals surface area contributed by atoms with Crippen LogP contribution in [-0.4, -0.2) is 43.2 Å². The molecule has 1 aliphatic rings. The molecule has 0 radical (unpaired) electrons. The van der Waals surface area contributed by atoms with Gasteiger partial charge in [0.1, 0.15) is 0 Å². The van der Waals surface area contributed by atoms with E-state index in [0.29, 0.717) is 0 Å². The van der Waals surface area contributed by atoms with Crippen LogP contribution in [0.1, 0.15) is 19.3 Å². The molecule has 1 amide bonds. The molecule has 102 valence electrons. The van der Waals surface area contributed by atoms with E-state index in [1.807, 2.05) is 0 Å². The lowest BCUT2D eigenvalue weighted by Gasteiger charge is -2.16. The molecule has 1 N–H and O–H groups in total. The molecule has 1 fully saturated rings. The van der Waals surface area contributed by atoms with Crippen LogP contribution >= 0.6 is 0 Å². The average Bonchev–Trinajstić information content (AvgIpc) is 2.80. The van der Waals surface area contributed by atoms with Crippen LogP contribution in [0.25, 0.3) is 0 Å². The van der Waals surface area contributed by atoms with Crippen molar-refractivity contribution in [2.75, 3.05) is 26.2 Å². The topological polar surface area (TPSA) is 56.1 Å². The maximum absolute atomic E-state index is 12.2. The fraction of sp³-hybridized carbons (Fsp3) is 0.818. The maximum Gasteiger partial charge on any atom is 0.405 e. The van der Waals surface area contributed by atoms with E-state index >= 15 is 0 Å². The van der Waals surface area contributed by atoms with E-state index in [-0.39, 0.29) is 18.9 Å². The van der Waals surface area contributed by atoms with Crippen LogP contribution in [0.4, 0.5) is 13.2 Å². The third-order valence-corrected chi connectivity index (χ3v) is 2.87. The van der Waals surface area contributed by atoms with Crippen molar-refractivity contribution in [3.05, 3.63) is 0 Å². The summed E-state index contributed by atoms with van der Waals surface area (Å²) in [4.78, 5) is 13.3. The highest BCUT2D eigenvalue weighted by atomic mass is 19.4. The monoisotopic (exact) mass is 263 g/mol. The number of nitriles is 1. The Bertz CT molecular complexity index is 318. The number of hydrogen-bond acceptors (Lipinski definition) is 3. The highest BCUT2D eigenvalue weighted by Gasteiger charge is 2.39. The van der Waals surface area contributed by atoms with Crippen molar-refractivity contribution >= 4 is 5.91 Å². The summed E-state index contributed by atoms with van der Waals surface area (Å²) in [6.45, 7) is 1.18. The third-order valence-electron chi connectivity index (χ3n) is 2.87. The number of carbonyl (C=O) groups is 1.